The molecule has 100 valence electrons. The maximum Gasteiger partial charge on any atom is 0.573 e. The van der Waals surface area contributed by atoms with Crippen molar-refractivity contribution in [1.29, 1.82) is 0 Å². The van der Waals surface area contributed by atoms with Crippen molar-refractivity contribution in [3.63, 3.8) is 0 Å². The number of aldehydes is 1. The molecule has 0 N–H and O–H groups in total. The molecule has 1 heterocycles. The molecule has 0 aliphatic rings. The number of ether oxygens (including phenoxy) is 2. The number of pyridine rings is 1. The molecule has 0 amide bonds. The summed E-state index contributed by atoms with van der Waals surface area (Å²) in [5.74, 6) is -2.06. The van der Waals surface area contributed by atoms with Crippen molar-refractivity contribution in [2.45, 2.75) is 12.8 Å². The summed E-state index contributed by atoms with van der Waals surface area (Å²) in [7, 11) is 0.862. The first-order valence-corrected chi connectivity index (χ1v) is 4.36. The standard InChI is InChI=1S/C9H6F5NO3/c1-17-7-5(8(10)11)15-2-4(3-16)6(7)18-9(12,13)14/h2-3,8H,1H3. The average Bonchev–Trinajstić information content (AvgIpc) is 2.26. The fourth-order valence-corrected chi connectivity index (χ4v) is 1.16. The van der Waals surface area contributed by atoms with E-state index in [0.29, 0.717) is 6.20 Å². The summed E-state index contributed by atoms with van der Waals surface area (Å²) < 4.78 is 69.2. The zero-order valence-electron chi connectivity index (χ0n) is 8.79. The number of hydrogen-bond donors (Lipinski definition) is 0. The second-order valence-electron chi connectivity index (χ2n) is 2.93. The first-order valence-electron chi connectivity index (χ1n) is 4.36. The van der Waals surface area contributed by atoms with Gasteiger partial charge in [-0.3, -0.25) is 9.78 Å². The summed E-state index contributed by atoms with van der Waals surface area (Å²) >= 11 is 0. The van der Waals surface area contributed by atoms with Crippen LogP contribution < -0.4 is 9.47 Å². The highest BCUT2D eigenvalue weighted by Gasteiger charge is 2.35. The number of hydrogen-bond acceptors (Lipinski definition) is 4. The predicted molar refractivity (Wildman–Crippen MR) is 47.8 cm³/mol. The topological polar surface area (TPSA) is 48.4 Å². The summed E-state index contributed by atoms with van der Waals surface area (Å²) in [6.07, 6.45) is -7.77. The van der Waals surface area contributed by atoms with Crippen LogP contribution in [0.15, 0.2) is 6.20 Å². The van der Waals surface area contributed by atoms with Crippen molar-refractivity contribution in [3.8, 4) is 11.5 Å². The highest BCUT2D eigenvalue weighted by atomic mass is 19.4. The first-order chi connectivity index (χ1) is 8.30. The smallest absolute Gasteiger partial charge is 0.491 e. The van der Waals surface area contributed by atoms with Crippen molar-refractivity contribution in [3.05, 3.63) is 17.5 Å². The van der Waals surface area contributed by atoms with Crippen LogP contribution >= 0.6 is 0 Å². The van der Waals surface area contributed by atoms with Crippen LogP contribution in [0.25, 0.3) is 0 Å². The molecule has 0 saturated carbocycles. The van der Waals surface area contributed by atoms with E-state index >= 15 is 0 Å². The predicted octanol–water partition coefficient (Wildman–Crippen LogP) is 2.74. The van der Waals surface area contributed by atoms with Gasteiger partial charge in [-0.15, -0.1) is 13.2 Å². The molecular weight excluding hydrogens is 265 g/mol. The summed E-state index contributed by atoms with van der Waals surface area (Å²) in [6.45, 7) is 0. The molecule has 1 aromatic rings. The van der Waals surface area contributed by atoms with Crippen LogP contribution in [0.2, 0.25) is 0 Å². The Labute approximate surface area is 97.3 Å². The Balaban J connectivity index is 3.41. The maximum atomic E-state index is 12.5. The van der Waals surface area contributed by atoms with E-state index in [2.05, 4.69) is 14.5 Å². The second kappa shape index (κ2) is 5.15. The van der Waals surface area contributed by atoms with Crippen molar-refractivity contribution in [2.75, 3.05) is 7.11 Å². The highest BCUT2D eigenvalue weighted by Crippen LogP contribution is 2.39. The molecule has 0 unspecified atom stereocenters. The highest BCUT2D eigenvalue weighted by molar-refractivity contribution is 5.81. The maximum absolute atomic E-state index is 12.5. The number of methoxy groups -OCH3 is 1. The molecule has 0 spiro atoms. The molecule has 0 atom stereocenters. The molecule has 0 fully saturated rings. The molecule has 0 saturated heterocycles. The number of carbonyl (C=O) groups excluding carboxylic acids is 1. The van der Waals surface area contributed by atoms with E-state index < -0.39 is 35.5 Å². The lowest BCUT2D eigenvalue weighted by molar-refractivity contribution is -0.275. The van der Waals surface area contributed by atoms with Crippen LogP contribution in [0.3, 0.4) is 0 Å². The minimum absolute atomic E-state index is 0.00809. The van der Waals surface area contributed by atoms with E-state index in [1.165, 1.54) is 0 Å². The van der Waals surface area contributed by atoms with E-state index in [9.17, 15) is 26.7 Å². The SMILES string of the molecule is COc1c(C(F)F)ncc(C=O)c1OC(F)(F)F. The molecular formula is C9H6F5NO3. The Kier molecular flexibility index (Phi) is 4.04. The van der Waals surface area contributed by atoms with E-state index in [-0.39, 0.29) is 6.29 Å². The van der Waals surface area contributed by atoms with Crippen molar-refractivity contribution >= 4 is 6.29 Å². The number of carbonyl (C=O) groups is 1. The van der Waals surface area contributed by atoms with Crippen LogP contribution in [0.4, 0.5) is 22.0 Å². The van der Waals surface area contributed by atoms with Crippen molar-refractivity contribution in [2.24, 2.45) is 0 Å². The monoisotopic (exact) mass is 271 g/mol. The van der Waals surface area contributed by atoms with E-state index in [1.54, 1.807) is 0 Å². The van der Waals surface area contributed by atoms with Gasteiger partial charge >= 0.3 is 6.36 Å². The third-order valence-electron chi connectivity index (χ3n) is 1.80. The van der Waals surface area contributed by atoms with Gasteiger partial charge in [0.05, 0.1) is 12.7 Å². The third-order valence-corrected chi connectivity index (χ3v) is 1.80. The van der Waals surface area contributed by atoms with Crippen LogP contribution in [0.5, 0.6) is 11.5 Å². The fourth-order valence-electron chi connectivity index (χ4n) is 1.16. The number of rotatable bonds is 4. The molecule has 18 heavy (non-hydrogen) atoms. The summed E-state index contributed by atoms with van der Waals surface area (Å²) in [5.41, 5.74) is -1.68. The summed E-state index contributed by atoms with van der Waals surface area (Å²) in [4.78, 5) is 13.7. The van der Waals surface area contributed by atoms with E-state index in [0.717, 1.165) is 7.11 Å². The number of halogens is 5. The van der Waals surface area contributed by atoms with E-state index in [4.69, 9.17) is 0 Å². The number of nitrogens with zero attached hydrogens (tertiary/aromatic N) is 1. The van der Waals surface area contributed by atoms with Crippen LogP contribution in [-0.2, 0) is 0 Å². The molecule has 0 aliphatic heterocycles. The van der Waals surface area contributed by atoms with Crippen molar-refractivity contribution in [1.82, 2.24) is 4.98 Å². The second-order valence-corrected chi connectivity index (χ2v) is 2.93. The van der Waals surface area contributed by atoms with Crippen molar-refractivity contribution < 1.29 is 36.2 Å². The van der Waals surface area contributed by atoms with Gasteiger partial charge in [0.15, 0.2) is 23.5 Å². The van der Waals surface area contributed by atoms with Gasteiger partial charge in [-0.2, -0.15) is 0 Å². The van der Waals surface area contributed by atoms with Gasteiger partial charge in [-0.25, -0.2) is 8.78 Å². The molecule has 0 bridgehead atoms. The fraction of sp³-hybridized carbons (Fsp3) is 0.333. The first kappa shape index (κ1) is 14.1. The Hall–Kier alpha value is -1.93. The van der Waals surface area contributed by atoms with Crippen LogP contribution in [0, 0.1) is 0 Å². The zero-order chi connectivity index (χ0) is 13.9. The normalized spacial score (nSPS) is 11.5. The Morgan fingerprint density at radius 3 is 2.33 bits per heavy atom. The van der Waals surface area contributed by atoms with Gasteiger partial charge in [0, 0.05) is 6.20 Å². The molecule has 0 aromatic carbocycles. The van der Waals surface area contributed by atoms with Crippen LogP contribution in [0.1, 0.15) is 22.5 Å². The molecule has 1 rings (SSSR count). The minimum Gasteiger partial charge on any atom is -0.491 e. The van der Waals surface area contributed by atoms with Crippen LogP contribution in [-0.4, -0.2) is 24.7 Å². The van der Waals surface area contributed by atoms with Gasteiger partial charge in [0.25, 0.3) is 6.43 Å². The third kappa shape index (κ3) is 3.05. The average molecular weight is 271 g/mol. The molecule has 4 nitrogen and oxygen atoms in total. The van der Waals surface area contributed by atoms with Gasteiger partial charge < -0.3 is 9.47 Å². The van der Waals surface area contributed by atoms with Gasteiger partial charge in [-0.05, 0) is 0 Å². The quantitative estimate of drug-likeness (QED) is 0.624. The zero-order valence-corrected chi connectivity index (χ0v) is 8.79. The Bertz CT molecular complexity index is 447. The largest absolute Gasteiger partial charge is 0.573 e. The van der Waals surface area contributed by atoms with Gasteiger partial charge in [0.2, 0.25) is 0 Å². The lowest BCUT2D eigenvalue weighted by Gasteiger charge is -2.16. The number of alkyl halides is 5. The minimum atomic E-state index is -5.15. The number of aromatic nitrogens is 1. The van der Waals surface area contributed by atoms with Gasteiger partial charge in [0.1, 0.15) is 0 Å². The molecule has 1 aromatic heterocycles. The lowest BCUT2D eigenvalue weighted by Crippen LogP contribution is -2.19. The molecule has 0 radical (unpaired) electrons. The van der Waals surface area contributed by atoms with E-state index in [1.807, 2.05) is 0 Å². The lowest BCUT2D eigenvalue weighted by atomic mass is 10.2. The summed E-state index contributed by atoms with van der Waals surface area (Å²) in [6, 6.07) is 0. The Morgan fingerprint density at radius 1 is 1.33 bits per heavy atom. The molecule has 0 aliphatic carbocycles. The summed E-state index contributed by atoms with van der Waals surface area (Å²) in [5, 5.41) is 0. The molecule has 9 heteroatoms. The van der Waals surface area contributed by atoms with Gasteiger partial charge in [-0.1, -0.05) is 0 Å². The Morgan fingerprint density at radius 2 is 1.94 bits per heavy atom.